The van der Waals surface area contributed by atoms with Crippen LogP contribution in [0, 0.1) is 0 Å². The number of carbonyl (C=O) groups is 2. The molecule has 2 amide bonds. The van der Waals surface area contributed by atoms with Gasteiger partial charge in [0.25, 0.3) is 5.91 Å². The highest BCUT2D eigenvalue weighted by Gasteiger charge is 2.11. The quantitative estimate of drug-likeness (QED) is 0.287. The van der Waals surface area contributed by atoms with Crippen molar-refractivity contribution in [1.29, 1.82) is 0 Å². The Bertz CT molecular complexity index is 1040. The van der Waals surface area contributed by atoms with Gasteiger partial charge in [-0.3, -0.25) is 14.7 Å². The number of nitrogens with one attached hydrogen (secondary N) is 3. The van der Waals surface area contributed by atoms with Gasteiger partial charge in [-0.25, -0.2) is 0 Å². The van der Waals surface area contributed by atoms with Crippen LogP contribution >= 0.6 is 0 Å². The number of nitrogen functional groups attached to an aromatic ring is 1. The number of para-hydroxylation sites is 2. The number of rotatable bonds is 10. The topological polar surface area (TPSA) is 116 Å². The van der Waals surface area contributed by atoms with E-state index < -0.39 is 0 Å². The lowest BCUT2D eigenvalue weighted by Crippen LogP contribution is -2.24. The van der Waals surface area contributed by atoms with Gasteiger partial charge in [0.2, 0.25) is 5.91 Å². The summed E-state index contributed by atoms with van der Waals surface area (Å²) in [6, 6.07) is 16.9. The summed E-state index contributed by atoms with van der Waals surface area (Å²) in [7, 11) is 3.98. The molecule has 0 aliphatic rings. The van der Waals surface area contributed by atoms with Crippen molar-refractivity contribution in [3.63, 3.8) is 0 Å². The van der Waals surface area contributed by atoms with Crippen molar-refractivity contribution in [2.45, 2.75) is 25.7 Å². The number of nitrogens with zero attached hydrogens (tertiary/aromatic N) is 2. The van der Waals surface area contributed by atoms with Gasteiger partial charge in [0.1, 0.15) is 5.69 Å². The van der Waals surface area contributed by atoms with Crippen LogP contribution < -0.4 is 21.3 Å². The second-order valence-corrected chi connectivity index (χ2v) is 7.81. The van der Waals surface area contributed by atoms with Crippen LogP contribution in [0.1, 0.15) is 36.2 Å². The maximum Gasteiger partial charge on any atom is 0.269 e. The van der Waals surface area contributed by atoms with Crippen LogP contribution in [0.5, 0.6) is 0 Å². The number of aromatic nitrogens is 2. The lowest BCUT2D eigenvalue weighted by Gasteiger charge is -2.11. The Kier molecular flexibility index (Phi) is 7.85. The van der Waals surface area contributed by atoms with Crippen molar-refractivity contribution in [2.75, 3.05) is 36.6 Å². The highest BCUT2D eigenvalue weighted by molar-refractivity contribution is 5.94. The summed E-state index contributed by atoms with van der Waals surface area (Å²) in [5.41, 5.74) is 10.2. The molecule has 8 heteroatoms. The zero-order valence-electron chi connectivity index (χ0n) is 18.5. The first-order valence-corrected chi connectivity index (χ1v) is 10.7. The zero-order valence-corrected chi connectivity index (χ0v) is 18.5. The van der Waals surface area contributed by atoms with Crippen LogP contribution in [0.2, 0.25) is 0 Å². The largest absolute Gasteiger partial charge is 0.397 e. The van der Waals surface area contributed by atoms with Gasteiger partial charge >= 0.3 is 0 Å². The van der Waals surface area contributed by atoms with Gasteiger partial charge in [-0.05, 0) is 43.2 Å². The minimum absolute atomic E-state index is 0.0597. The van der Waals surface area contributed by atoms with E-state index >= 15 is 0 Å². The summed E-state index contributed by atoms with van der Waals surface area (Å²) in [5, 5.41) is 12.8. The van der Waals surface area contributed by atoms with E-state index in [1.54, 1.807) is 18.2 Å². The van der Waals surface area contributed by atoms with Crippen LogP contribution in [0.4, 0.5) is 17.1 Å². The fourth-order valence-corrected chi connectivity index (χ4v) is 3.22. The SMILES string of the molecule is CN(C)c1ccc(-c2cc(C(=O)NCCCCCC(=O)Nc3ccccc3N)[nH]n2)cc1. The Labute approximate surface area is 188 Å². The normalized spacial score (nSPS) is 10.6. The van der Waals surface area contributed by atoms with Gasteiger partial charge in [-0.15, -0.1) is 0 Å². The van der Waals surface area contributed by atoms with E-state index in [2.05, 4.69) is 20.8 Å². The maximum absolute atomic E-state index is 12.3. The molecule has 3 rings (SSSR count). The van der Waals surface area contributed by atoms with Crippen LogP contribution in [-0.4, -0.2) is 42.7 Å². The third-order valence-electron chi connectivity index (χ3n) is 5.10. The van der Waals surface area contributed by atoms with Gasteiger partial charge in [0.05, 0.1) is 17.1 Å². The van der Waals surface area contributed by atoms with Crippen LogP contribution in [0.15, 0.2) is 54.6 Å². The lowest BCUT2D eigenvalue weighted by molar-refractivity contribution is -0.116. The summed E-state index contributed by atoms with van der Waals surface area (Å²) >= 11 is 0. The number of H-pyrrole nitrogens is 1. The van der Waals surface area contributed by atoms with E-state index in [-0.39, 0.29) is 11.8 Å². The molecule has 1 heterocycles. The number of unbranched alkanes of at least 4 members (excludes halogenated alkanes) is 2. The predicted molar refractivity (Wildman–Crippen MR) is 129 cm³/mol. The molecule has 1 aromatic heterocycles. The number of aromatic amines is 1. The molecule has 0 bridgehead atoms. The van der Waals surface area contributed by atoms with Gasteiger partial charge in [-0.2, -0.15) is 5.10 Å². The molecule has 0 unspecified atom stereocenters. The van der Waals surface area contributed by atoms with Gasteiger partial charge in [0.15, 0.2) is 0 Å². The molecule has 0 atom stereocenters. The molecular weight excluding hydrogens is 404 g/mol. The highest BCUT2D eigenvalue weighted by Crippen LogP contribution is 2.21. The van der Waals surface area contributed by atoms with Crippen molar-refractivity contribution in [3.8, 4) is 11.3 Å². The number of benzene rings is 2. The smallest absolute Gasteiger partial charge is 0.269 e. The van der Waals surface area contributed by atoms with E-state index in [1.807, 2.05) is 55.4 Å². The molecular formula is C24H30N6O2. The monoisotopic (exact) mass is 434 g/mol. The first-order chi connectivity index (χ1) is 15.4. The Morgan fingerprint density at radius 3 is 2.50 bits per heavy atom. The van der Waals surface area contributed by atoms with Crippen molar-refractivity contribution < 1.29 is 9.59 Å². The van der Waals surface area contributed by atoms with Crippen molar-refractivity contribution in [2.24, 2.45) is 0 Å². The molecule has 3 aromatic rings. The fourth-order valence-electron chi connectivity index (χ4n) is 3.22. The molecule has 5 N–H and O–H groups in total. The van der Waals surface area contributed by atoms with Gasteiger partial charge in [-0.1, -0.05) is 30.7 Å². The standard InChI is InChI=1S/C24H30N6O2/c1-30(2)18-13-11-17(12-14-18)21-16-22(29-28-21)24(32)26-15-7-3-4-10-23(31)27-20-9-6-5-8-19(20)25/h5-6,8-9,11-14,16H,3-4,7,10,15,25H2,1-2H3,(H,26,32)(H,27,31)(H,28,29). The van der Waals surface area contributed by atoms with Crippen LogP contribution in [-0.2, 0) is 4.79 Å². The molecule has 0 spiro atoms. The average molecular weight is 435 g/mol. The number of anilines is 3. The number of hydrogen-bond donors (Lipinski definition) is 4. The molecule has 8 nitrogen and oxygen atoms in total. The third kappa shape index (κ3) is 6.34. The molecule has 0 fully saturated rings. The second kappa shape index (κ2) is 11.0. The average Bonchev–Trinajstić information content (AvgIpc) is 3.28. The van der Waals surface area contributed by atoms with E-state index in [9.17, 15) is 9.59 Å². The zero-order chi connectivity index (χ0) is 22.9. The Hall–Kier alpha value is -3.81. The Morgan fingerprint density at radius 2 is 1.78 bits per heavy atom. The molecule has 0 saturated carbocycles. The highest BCUT2D eigenvalue weighted by atomic mass is 16.2. The van der Waals surface area contributed by atoms with E-state index in [1.165, 1.54) is 0 Å². The molecule has 0 aliphatic heterocycles. The second-order valence-electron chi connectivity index (χ2n) is 7.81. The minimum Gasteiger partial charge on any atom is -0.397 e. The van der Waals surface area contributed by atoms with E-state index in [0.29, 0.717) is 30.0 Å². The van der Waals surface area contributed by atoms with Crippen molar-refractivity contribution in [1.82, 2.24) is 15.5 Å². The molecule has 0 saturated heterocycles. The van der Waals surface area contributed by atoms with E-state index in [0.717, 1.165) is 36.2 Å². The molecule has 32 heavy (non-hydrogen) atoms. The van der Waals surface area contributed by atoms with Crippen LogP contribution in [0.3, 0.4) is 0 Å². The predicted octanol–water partition coefficient (Wildman–Crippen LogP) is 3.65. The first kappa shape index (κ1) is 22.9. The fraction of sp³-hybridized carbons (Fsp3) is 0.292. The van der Waals surface area contributed by atoms with Crippen LogP contribution in [0.25, 0.3) is 11.3 Å². The van der Waals surface area contributed by atoms with Crippen molar-refractivity contribution in [3.05, 3.63) is 60.3 Å². The number of hydrogen-bond acceptors (Lipinski definition) is 5. The lowest BCUT2D eigenvalue weighted by atomic mass is 10.1. The van der Waals surface area contributed by atoms with E-state index in [4.69, 9.17) is 5.73 Å². The summed E-state index contributed by atoms with van der Waals surface area (Å²) < 4.78 is 0. The number of carbonyl (C=O) groups excluding carboxylic acids is 2. The van der Waals surface area contributed by atoms with Gasteiger partial charge < -0.3 is 21.3 Å². The Balaban J connectivity index is 1.35. The molecule has 2 aromatic carbocycles. The molecule has 0 radical (unpaired) electrons. The third-order valence-corrected chi connectivity index (χ3v) is 5.10. The number of amides is 2. The maximum atomic E-state index is 12.3. The Morgan fingerprint density at radius 1 is 1.03 bits per heavy atom. The minimum atomic E-state index is -0.189. The van der Waals surface area contributed by atoms with Crippen molar-refractivity contribution >= 4 is 28.9 Å². The summed E-state index contributed by atoms with van der Waals surface area (Å²) in [4.78, 5) is 26.4. The summed E-state index contributed by atoms with van der Waals surface area (Å²) in [6.07, 6.45) is 2.79. The number of nitrogens with two attached hydrogens (primary N) is 1. The molecule has 0 aliphatic carbocycles. The van der Waals surface area contributed by atoms with Gasteiger partial charge in [0, 0.05) is 38.3 Å². The molecule has 168 valence electrons. The summed E-state index contributed by atoms with van der Waals surface area (Å²) in [5.74, 6) is -0.249. The first-order valence-electron chi connectivity index (χ1n) is 10.7. The summed E-state index contributed by atoms with van der Waals surface area (Å²) in [6.45, 7) is 0.540.